The second kappa shape index (κ2) is 7.86. The summed E-state index contributed by atoms with van der Waals surface area (Å²) in [6.45, 7) is 0.730. The monoisotopic (exact) mass is 457 g/mol. The third-order valence-corrected chi connectivity index (χ3v) is 6.92. The fourth-order valence-corrected chi connectivity index (χ4v) is 5.07. The van der Waals surface area contributed by atoms with Crippen LogP contribution in [0.5, 0.6) is 5.75 Å². The maximum atomic E-state index is 12.4. The molecule has 0 saturated carbocycles. The first kappa shape index (κ1) is 20.7. The lowest BCUT2D eigenvalue weighted by Crippen LogP contribution is -2.51. The van der Waals surface area contributed by atoms with Gasteiger partial charge in [0, 0.05) is 50.5 Å². The molecule has 1 N–H and O–H groups in total. The Balaban J connectivity index is 1.40. The van der Waals surface area contributed by atoms with Gasteiger partial charge in [0.25, 0.3) is 0 Å². The molecule has 1 saturated heterocycles. The molecular weight excluding hydrogens is 430 g/mol. The maximum Gasteiger partial charge on any atom is 0.321 e. The van der Waals surface area contributed by atoms with Gasteiger partial charge in [-0.25, -0.2) is 14.5 Å². The number of carbonyl (C=O) groups is 1. The normalized spacial score (nSPS) is 17.0. The number of methoxy groups -OCH3 is 1. The molecule has 0 spiro atoms. The molecule has 1 aliphatic heterocycles. The number of aromatic nitrogens is 5. The van der Waals surface area contributed by atoms with Crippen LogP contribution in [0.3, 0.4) is 0 Å². The van der Waals surface area contributed by atoms with Crippen molar-refractivity contribution in [1.82, 2.24) is 34.8 Å². The van der Waals surface area contributed by atoms with Crippen molar-refractivity contribution in [3.05, 3.63) is 47.8 Å². The second-order valence-electron chi connectivity index (χ2n) is 9.15. The molecule has 34 heavy (non-hydrogen) atoms. The van der Waals surface area contributed by atoms with Gasteiger partial charge in [-0.05, 0) is 30.4 Å². The summed E-state index contributed by atoms with van der Waals surface area (Å²) in [5.74, 6) is 0.728. The van der Waals surface area contributed by atoms with Crippen molar-refractivity contribution in [2.45, 2.75) is 31.8 Å². The molecule has 9 nitrogen and oxygen atoms in total. The van der Waals surface area contributed by atoms with Crippen LogP contribution in [0.4, 0.5) is 4.79 Å². The van der Waals surface area contributed by atoms with E-state index < -0.39 is 0 Å². The molecule has 1 aromatic carbocycles. The van der Waals surface area contributed by atoms with Crippen molar-refractivity contribution in [3.8, 4) is 28.3 Å². The van der Waals surface area contributed by atoms with Crippen molar-refractivity contribution < 1.29 is 9.53 Å². The van der Waals surface area contributed by atoms with Gasteiger partial charge in [0.2, 0.25) is 0 Å². The van der Waals surface area contributed by atoms with Crippen molar-refractivity contribution >= 4 is 17.1 Å². The summed E-state index contributed by atoms with van der Waals surface area (Å²) >= 11 is 0. The minimum absolute atomic E-state index is 0.00711. The molecule has 1 aliphatic carbocycles. The Labute approximate surface area is 197 Å². The number of ether oxygens (including phenoxy) is 1. The number of aromatic amines is 1. The van der Waals surface area contributed by atoms with Crippen molar-refractivity contribution in [2.24, 2.45) is 0 Å². The van der Waals surface area contributed by atoms with Crippen LogP contribution in [0.2, 0.25) is 0 Å². The van der Waals surface area contributed by atoms with Gasteiger partial charge in [-0.1, -0.05) is 18.2 Å². The fraction of sp³-hybridized carbons (Fsp3) is 0.360. The number of H-pyrrole nitrogens is 1. The fourth-order valence-electron chi connectivity index (χ4n) is 5.07. The number of nitrogens with one attached hydrogen (secondary N) is 1. The first-order valence-electron chi connectivity index (χ1n) is 11.6. The molecule has 174 valence electrons. The van der Waals surface area contributed by atoms with Crippen LogP contribution in [0.1, 0.15) is 30.1 Å². The van der Waals surface area contributed by atoms with E-state index >= 15 is 0 Å². The van der Waals surface area contributed by atoms with Crippen LogP contribution in [0.15, 0.2) is 36.7 Å². The molecule has 1 fully saturated rings. The van der Waals surface area contributed by atoms with Crippen molar-refractivity contribution in [1.29, 1.82) is 0 Å². The molecule has 3 aromatic heterocycles. The predicted octanol–water partition coefficient (Wildman–Crippen LogP) is 3.87. The summed E-state index contributed by atoms with van der Waals surface area (Å²) in [6, 6.07) is 8.40. The molecule has 6 rings (SSSR count). The first-order chi connectivity index (χ1) is 16.5. The topological polar surface area (TPSA) is 92.2 Å². The zero-order chi connectivity index (χ0) is 23.4. The Kier molecular flexibility index (Phi) is 4.79. The second-order valence-corrected chi connectivity index (χ2v) is 9.15. The molecule has 9 heteroatoms. The van der Waals surface area contributed by atoms with Gasteiger partial charge in [0.15, 0.2) is 0 Å². The van der Waals surface area contributed by atoms with Gasteiger partial charge >= 0.3 is 6.03 Å². The van der Waals surface area contributed by atoms with Gasteiger partial charge in [-0.3, -0.25) is 5.10 Å². The molecule has 1 atom stereocenters. The summed E-state index contributed by atoms with van der Waals surface area (Å²) in [5, 5.41) is 12.2. The summed E-state index contributed by atoms with van der Waals surface area (Å²) in [7, 11) is 5.21. The number of aryl methyl sites for hydroxylation is 1. The minimum Gasteiger partial charge on any atom is -0.494 e. The molecule has 2 aliphatic rings. The minimum atomic E-state index is -0.0793. The van der Waals surface area contributed by atoms with E-state index in [-0.39, 0.29) is 12.2 Å². The van der Waals surface area contributed by atoms with Crippen LogP contribution in [-0.4, -0.2) is 68.5 Å². The molecule has 4 aromatic rings. The zero-order valence-corrected chi connectivity index (χ0v) is 19.6. The van der Waals surface area contributed by atoms with E-state index in [0.29, 0.717) is 0 Å². The van der Waals surface area contributed by atoms with E-state index in [2.05, 4.69) is 33.5 Å². The van der Waals surface area contributed by atoms with Gasteiger partial charge in [0.05, 0.1) is 18.8 Å². The molecular formula is C25H27N7O2. The van der Waals surface area contributed by atoms with Crippen LogP contribution in [-0.2, 0) is 12.8 Å². The van der Waals surface area contributed by atoms with Crippen molar-refractivity contribution in [3.63, 3.8) is 0 Å². The molecule has 1 unspecified atom stereocenters. The van der Waals surface area contributed by atoms with E-state index in [4.69, 9.17) is 9.72 Å². The predicted molar refractivity (Wildman–Crippen MR) is 129 cm³/mol. The zero-order valence-electron chi connectivity index (χ0n) is 19.6. The van der Waals surface area contributed by atoms with Crippen LogP contribution < -0.4 is 4.74 Å². The van der Waals surface area contributed by atoms with Crippen LogP contribution >= 0.6 is 0 Å². The number of urea groups is 1. The van der Waals surface area contributed by atoms with Crippen molar-refractivity contribution in [2.75, 3.05) is 27.7 Å². The van der Waals surface area contributed by atoms with E-state index in [0.717, 1.165) is 65.1 Å². The first-order valence-corrected chi connectivity index (χ1v) is 11.6. The molecule has 0 radical (unpaired) electrons. The Morgan fingerprint density at radius 1 is 1.24 bits per heavy atom. The van der Waals surface area contributed by atoms with E-state index in [1.807, 2.05) is 21.8 Å². The van der Waals surface area contributed by atoms with Gasteiger partial charge in [-0.15, -0.1) is 0 Å². The average molecular weight is 458 g/mol. The highest BCUT2D eigenvalue weighted by atomic mass is 16.5. The Morgan fingerprint density at radius 3 is 2.88 bits per heavy atom. The Bertz CT molecular complexity index is 1400. The van der Waals surface area contributed by atoms with Gasteiger partial charge < -0.3 is 14.5 Å². The number of benzene rings is 1. The number of pyridine rings is 1. The number of carbonyl (C=O) groups excluding carboxylic acids is 1. The third-order valence-electron chi connectivity index (χ3n) is 6.92. The quantitative estimate of drug-likeness (QED) is 0.502. The highest BCUT2D eigenvalue weighted by Crippen LogP contribution is 2.39. The SMILES string of the molecule is COc1cc2[nH]nc(-c3cnn(C4CCN4C(=O)N(C)C)c3)c2nc1-c1cccc2c1CCC2. The van der Waals surface area contributed by atoms with Gasteiger partial charge in [-0.2, -0.15) is 10.2 Å². The Hall–Kier alpha value is -3.88. The summed E-state index contributed by atoms with van der Waals surface area (Å²) in [5.41, 5.74) is 7.91. The molecule has 0 bridgehead atoms. The van der Waals surface area contributed by atoms with Crippen LogP contribution in [0, 0.1) is 0 Å². The van der Waals surface area contributed by atoms with E-state index in [1.54, 1.807) is 32.3 Å². The van der Waals surface area contributed by atoms with E-state index in [9.17, 15) is 4.79 Å². The lowest BCUT2D eigenvalue weighted by molar-refractivity contribution is 0.0478. The van der Waals surface area contributed by atoms with Gasteiger partial charge in [0.1, 0.15) is 28.8 Å². The van der Waals surface area contributed by atoms with Crippen LogP contribution in [0.25, 0.3) is 33.5 Å². The number of amides is 2. The molecule has 4 heterocycles. The van der Waals surface area contributed by atoms with E-state index in [1.165, 1.54) is 17.5 Å². The number of likely N-dealkylation sites (tertiary alicyclic amines) is 1. The molecule has 2 amide bonds. The maximum absolute atomic E-state index is 12.4. The number of nitrogens with zero attached hydrogens (tertiary/aromatic N) is 6. The lowest BCUT2D eigenvalue weighted by Gasteiger charge is -2.41. The third kappa shape index (κ3) is 3.14. The summed E-state index contributed by atoms with van der Waals surface area (Å²) < 4.78 is 7.57. The number of rotatable bonds is 4. The average Bonchev–Trinajstić information content (AvgIpc) is 3.56. The highest BCUT2D eigenvalue weighted by Gasteiger charge is 2.35. The Morgan fingerprint density at radius 2 is 2.12 bits per heavy atom. The number of hydrogen-bond acceptors (Lipinski definition) is 5. The standard InChI is InChI=1S/C25H27N7O2/c1-30(2)25(33)31-11-10-21(31)32-14-16(13-26-32)22-24-19(28-29-22)12-20(34-3)23(27-24)18-9-5-7-15-6-4-8-17(15)18/h5,7,9,12-14,21H,4,6,8,10-11H2,1-3H3,(H,28,29). The smallest absolute Gasteiger partial charge is 0.321 e. The number of hydrogen-bond donors (Lipinski definition) is 1. The summed E-state index contributed by atoms with van der Waals surface area (Å²) in [4.78, 5) is 20.9. The number of fused-ring (bicyclic) bond motifs is 2. The summed E-state index contributed by atoms with van der Waals surface area (Å²) in [6.07, 6.45) is 7.87. The highest BCUT2D eigenvalue weighted by molar-refractivity contribution is 5.93. The lowest BCUT2D eigenvalue weighted by atomic mass is 9.99. The largest absolute Gasteiger partial charge is 0.494 e.